The second kappa shape index (κ2) is 5.12. The first kappa shape index (κ1) is 11.8. The van der Waals surface area contributed by atoms with Gasteiger partial charge in [-0.25, -0.2) is 4.98 Å². The van der Waals surface area contributed by atoms with Crippen LogP contribution < -0.4 is 5.32 Å². The number of halogens is 1. The van der Waals surface area contributed by atoms with E-state index < -0.39 is 0 Å². The molecule has 4 nitrogen and oxygen atoms in total. The van der Waals surface area contributed by atoms with Crippen molar-refractivity contribution in [3.63, 3.8) is 0 Å². The number of amides is 1. The van der Waals surface area contributed by atoms with E-state index >= 15 is 0 Å². The van der Waals surface area contributed by atoms with Gasteiger partial charge in [0.1, 0.15) is 0 Å². The van der Waals surface area contributed by atoms with Gasteiger partial charge in [-0.2, -0.15) is 0 Å². The molecule has 0 bridgehead atoms. The number of carbonyl (C=O) groups is 1. The summed E-state index contributed by atoms with van der Waals surface area (Å²) in [5.74, 6) is 0.286. The van der Waals surface area contributed by atoms with Crippen molar-refractivity contribution in [2.24, 2.45) is 0 Å². The van der Waals surface area contributed by atoms with Crippen molar-refractivity contribution in [3.8, 4) is 0 Å². The Kier molecular flexibility index (Phi) is 3.78. The van der Waals surface area contributed by atoms with Crippen molar-refractivity contribution in [3.05, 3.63) is 10.6 Å². The van der Waals surface area contributed by atoms with Crippen molar-refractivity contribution in [1.82, 2.24) is 9.88 Å². The molecule has 6 heteroatoms. The molecule has 1 amide bonds. The highest BCUT2D eigenvalue weighted by molar-refractivity contribution is 7.15. The van der Waals surface area contributed by atoms with Gasteiger partial charge in [-0.15, -0.1) is 22.9 Å². The lowest BCUT2D eigenvalue weighted by Gasteiger charge is -2.20. The van der Waals surface area contributed by atoms with E-state index in [-0.39, 0.29) is 5.91 Å². The van der Waals surface area contributed by atoms with Crippen LogP contribution in [0.5, 0.6) is 0 Å². The molecule has 2 rings (SSSR count). The van der Waals surface area contributed by atoms with Crippen molar-refractivity contribution in [2.75, 3.05) is 24.8 Å². The summed E-state index contributed by atoms with van der Waals surface area (Å²) in [6.07, 6.45) is 1.30. The van der Waals surface area contributed by atoms with Gasteiger partial charge in [0.2, 0.25) is 5.91 Å². The highest BCUT2D eigenvalue weighted by Crippen LogP contribution is 2.27. The molecule has 1 aromatic heterocycles. The molecule has 0 atom stereocenters. The zero-order valence-corrected chi connectivity index (χ0v) is 10.7. The number of carbonyl (C=O) groups excluding carboxylic acids is 1. The number of alkyl halides is 1. The van der Waals surface area contributed by atoms with Crippen LogP contribution in [-0.4, -0.2) is 35.3 Å². The van der Waals surface area contributed by atoms with Gasteiger partial charge in [0.25, 0.3) is 0 Å². The molecule has 16 heavy (non-hydrogen) atoms. The third-order valence-corrected chi connectivity index (χ3v) is 3.68. The number of hydrogen-bond acceptors (Lipinski definition) is 4. The summed E-state index contributed by atoms with van der Waals surface area (Å²) in [6, 6.07) is 0. The standard InChI is InChI=1S/C10H14ClN3OS/c1-14-5-3-7-8(6-14)16-10(12-7)13-9(15)2-4-11/h2-6H2,1H3,(H,12,13,15). The molecule has 88 valence electrons. The molecule has 0 fully saturated rings. The average molecular weight is 260 g/mol. The van der Waals surface area contributed by atoms with Crippen molar-refractivity contribution < 1.29 is 4.79 Å². The van der Waals surface area contributed by atoms with Gasteiger partial charge < -0.3 is 10.2 Å². The maximum atomic E-state index is 11.4. The number of aromatic nitrogens is 1. The number of nitrogens with one attached hydrogen (secondary N) is 1. The Hall–Kier alpha value is -0.650. The minimum atomic E-state index is -0.0607. The fourth-order valence-corrected chi connectivity index (χ4v) is 2.92. The molecular weight excluding hydrogens is 246 g/mol. The normalized spacial score (nSPS) is 15.9. The van der Waals surface area contributed by atoms with Crippen molar-refractivity contribution in [2.45, 2.75) is 19.4 Å². The smallest absolute Gasteiger partial charge is 0.227 e. The second-order valence-corrected chi connectivity index (χ2v) is 5.33. The van der Waals surface area contributed by atoms with E-state index in [9.17, 15) is 4.79 Å². The first-order chi connectivity index (χ1) is 7.69. The SMILES string of the molecule is CN1CCc2nc(NC(=O)CCCl)sc2C1. The van der Waals surface area contributed by atoms with Gasteiger partial charge >= 0.3 is 0 Å². The molecule has 0 aromatic carbocycles. The molecule has 1 aromatic rings. The van der Waals surface area contributed by atoms with Crippen LogP contribution in [0.4, 0.5) is 5.13 Å². The number of anilines is 1. The van der Waals surface area contributed by atoms with E-state index in [1.165, 1.54) is 4.88 Å². The average Bonchev–Trinajstić information content (AvgIpc) is 2.59. The number of likely N-dealkylation sites (N-methyl/N-ethyl adjacent to an activating group) is 1. The Morgan fingerprint density at radius 3 is 3.25 bits per heavy atom. The Balaban J connectivity index is 2.04. The molecule has 1 aliphatic heterocycles. The summed E-state index contributed by atoms with van der Waals surface area (Å²) in [4.78, 5) is 19.3. The van der Waals surface area contributed by atoms with Crippen LogP contribution in [0.2, 0.25) is 0 Å². The van der Waals surface area contributed by atoms with Crippen LogP contribution >= 0.6 is 22.9 Å². The molecule has 1 N–H and O–H groups in total. The van der Waals surface area contributed by atoms with Gasteiger partial charge in [0.15, 0.2) is 5.13 Å². The van der Waals surface area contributed by atoms with E-state index in [2.05, 4.69) is 22.2 Å². The van der Waals surface area contributed by atoms with Crippen molar-refractivity contribution in [1.29, 1.82) is 0 Å². The van der Waals surface area contributed by atoms with Crippen LogP contribution in [0.25, 0.3) is 0 Å². The highest BCUT2D eigenvalue weighted by Gasteiger charge is 2.18. The lowest BCUT2D eigenvalue weighted by Crippen LogP contribution is -2.25. The van der Waals surface area contributed by atoms with E-state index in [1.54, 1.807) is 11.3 Å². The van der Waals surface area contributed by atoms with E-state index in [4.69, 9.17) is 11.6 Å². The van der Waals surface area contributed by atoms with E-state index in [0.717, 1.165) is 25.2 Å². The molecule has 0 unspecified atom stereocenters. The van der Waals surface area contributed by atoms with Crippen LogP contribution in [0.1, 0.15) is 17.0 Å². The Bertz CT molecular complexity index is 393. The monoisotopic (exact) mass is 259 g/mol. The third kappa shape index (κ3) is 2.72. The molecule has 0 saturated carbocycles. The molecule has 2 heterocycles. The predicted molar refractivity (Wildman–Crippen MR) is 66.1 cm³/mol. The summed E-state index contributed by atoms with van der Waals surface area (Å²) in [6.45, 7) is 1.96. The number of rotatable bonds is 3. The topological polar surface area (TPSA) is 45.2 Å². The third-order valence-electron chi connectivity index (χ3n) is 2.49. The minimum absolute atomic E-state index is 0.0607. The van der Waals surface area contributed by atoms with E-state index in [1.807, 2.05) is 0 Å². The summed E-state index contributed by atoms with van der Waals surface area (Å²) in [5.41, 5.74) is 1.13. The minimum Gasteiger partial charge on any atom is -0.302 e. The zero-order chi connectivity index (χ0) is 11.5. The first-order valence-corrected chi connectivity index (χ1v) is 6.57. The molecule has 1 aliphatic rings. The van der Waals surface area contributed by atoms with Gasteiger partial charge in [-0.1, -0.05) is 0 Å². The number of thiazole rings is 1. The number of hydrogen-bond donors (Lipinski definition) is 1. The van der Waals surface area contributed by atoms with Gasteiger partial charge in [0.05, 0.1) is 5.69 Å². The van der Waals surface area contributed by atoms with Crippen LogP contribution in [-0.2, 0) is 17.8 Å². The lowest BCUT2D eigenvalue weighted by atomic mass is 10.2. The second-order valence-electron chi connectivity index (χ2n) is 3.86. The van der Waals surface area contributed by atoms with Crippen LogP contribution in [0.3, 0.4) is 0 Å². The van der Waals surface area contributed by atoms with E-state index in [0.29, 0.717) is 17.4 Å². The zero-order valence-electron chi connectivity index (χ0n) is 9.12. The Morgan fingerprint density at radius 2 is 2.50 bits per heavy atom. The lowest BCUT2D eigenvalue weighted by molar-refractivity contribution is -0.115. The van der Waals surface area contributed by atoms with Crippen LogP contribution in [0, 0.1) is 0 Å². The Labute approximate surface area is 104 Å². The Morgan fingerprint density at radius 1 is 1.69 bits per heavy atom. The fourth-order valence-electron chi connectivity index (χ4n) is 1.64. The summed E-state index contributed by atoms with van der Waals surface area (Å²) < 4.78 is 0. The molecule has 0 saturated heterocycles. The molecule has 0 aliphatic carbocycles. The summed E-state index contributed by atoms with van der Waals surface area (Å²) >= 11 is 7.06. The largest absolute Gasteiger partial charge is 0.302 e. The first-order valence-electron chi connectivity index (χ1n) is 5.22. The quantitative estimate of drug-likeness (QED) is 0.841. The fraction of sp³-hybridized carbons (Fsp3) is 0.600. The molecule has 0 spiro atoms. The van der Waals surface area contributed by atoms with Gasteiger partial charge in [-0.05, 0) is 7.05 Å². The van der Waals surface area contributed by atoms with Gasteiger partial charge in [0, 0.05) is 36.7 Å². The summed E-state index contributed by atoms with van der Waals surface area (Å²) in [5, 5.41) is 3.48. The number of fused-ring (bicyclic) bond motifs is 1. The van der Waals surface area contributed by atoms with Crippen molar-refractivity contribution >= 4 is 34.0 Å². The molecule has 0 radical (unpaired) electrons. The van der Waals surface area contributed by atoms with Gasteiger partial charge in [-0.3, -0.25) is 4.79 Å². The highest BCUT2D eigenvalue weighted by atomic mass is 35.5. The summed E-state index contributed by atoms with van der Waals surface area (Å²) in [7, 11) is 2.09. The number of nitrogens with zero attached hydrogens (tertiary/aromatic N) is 2. The predicted octanol–water partition coefficient (Wildman–Crippen LogP) is 1.70. The maximum Gasteiger partial charge on any atom is 0.227 e. The molecular formula is C10H14ClN3OS. The maximum absolute atomic E-state index is 11.4. The van der Waals surface area contributed by atoms with Crippen LogP contribution in [0.15, 0.2) is 0 Å².